The number of rotatable bonds is 6. The fraction of sp³-hybridized carbons (Fsp3) is 0.464. The third-order valence-corrected chi connectivity index (χ3v) is 6.55. The number of fused-ring (bicyclic) bond motifs is 1. The molecule has 0 aliphatic carbocycles. The molecule has 1 aliphatic heterocycles. The number of hydrogen-bond donors (Lipinski definition) is 1. The van der Waals surface area contributed by atoms with Crippen LogP contribution in [0.2, 0.25) is 0 Å². The maximum atomic E-state index is 12.8. The summed E-state index contributed by atoms with van der Waals surface area (Å²) in [5.41, 5.74) is 3.05. The standard InChI is InChI=1S/C28H36N8O3/c1-17-10-22(35(15-17)27(37)39-28(4,5)6)16-38-23-14-29-34(7)26(23)20-8-9-36-21(12-20)13-25(33-36)32-24-11-18(2)30-19(3)31-24/h8-9,11-14,17,22H,10,15-16H2,1-7H3,(H,30,31,32,33)/t17-,22-/m0/s1. The number of ether oxygens (including phenoxy) is 2. The summed E-state index contributed by atoms with van der Waals surface area (Å²) in [4.78, 5) is 23.4. The molecule has 2 atom stereocenters. The van der Waals surface area contributed by atoms with E-state index in [4.69, 9.17) is 9.47 Å². The van der Waals surface area contributed by atoms with Crippen LogP contribution in [-0.2, 0) is 11.8 Å². The lowest BCUT2D eigenvalue weighted by Gasteiger charge is -2.28. The van der Waals surface area contributed by atoms with Crippen LogP contribution in [0.25, 0.3) is 16.8 Å². The van der Waals surface area contributed by atoms with Crippen LogP contribution in [-0.4, -0.2) is 65.2 Å². The Labute approximate surface area is 228 Å². The van der Waals surface area contributed by atoms with E-state index in [9.17, 15) is 4.79 Å². The van der Waals surface area contributed by atoms with Crippen molar-refractivity contribution in [1.29, 1.82) is 0 Å². The van der Waals surface area contributed by atoms with Gasteiger partial charge in [0.25, 0.3) is 0 Å². The summed E-state index contributed by atoms with van der Waals surface area (Å²) in [5.74, 6) is 3.13. The molecule has 1 fully saturated rings. The summed E-state index contributed by atoms with van der Waals surface area (Å²) in [6, 6.07) is 7.81. The SMILES string of the molecule is Cc1cc(Nc2cc3cc(-c4c(OC[C@@H]5C[C@H](C)CN5C(=O)OC(C)(C)C)cnn4C)ccn3n2)nc(C)n1. The molecule has 4 aromatic rings. The van der Waals surface area contributed by atoms with Gasteiger partial charge in [0.2, 0.25) is 0 Å². The smallest absolute Gasteiger partial charge is 0.410 e. The first kappa shape index (κ1) is 26.5. The van der Waals surface area contributed by atoms with Gasteiger partial charge in [-0.05, 0) is 59.1 Å². The van der Waals surface area contributed by atoms with Crippen molar-refractivity contribution < 1.29 is 14.3 Å². The number of aromatic nitrogens is 6. The Morgan fingerprint density at radius 3 is 2.69 bits per heavy atom. The molecule has 4 aromatic heterocycles. The molecule has 39 heavy (non-hydrogen) atoms. The second kappa shape index (κ2) is 10.2. The van der Waals surface area contributed by atoms with Gasteiger partial charge in [0.1, 0.15) is 29.5 Å². The zero-order valence-corrected chi connectivity index (χ0v) is 23.6. The first-order valence-electron chi connectivity index (χ1n) is 13.2. The maximum absolute atomic E-state index is 12.8. The number of nitrogens with zero attached hydrogens (tertiary/aromatic N) is 7. The van der Waals surface area contributed by atoms with Crippen molar-refractivity contribution >= 4 is 23.2 Å². The molecule has 5 rings (SSSR count). The average molecular weight is 533 g/mol. The van der Waals surface area contributed by atoms with Gasteiger partial charge in [-0.2, -0.15) is 10.2 Å². The molecule has 206 valence electrons. The molecule has 0 bridgehead atoms. The van der Waals surface area contributed by atoms with Gasteiger partial charge in [0.15, 0.2) is 11.6 Å². The van der Waals surface area contributed by atoms with Crippen molar-refractivity contribution in [2.24, 2.45) is 13.0 Å². The van der Waals surface area contributed by atoms with Crippen molar-refractivity contribution in [3.05, 3.63) is 48.2 Å². The lowest BCUT2D eigenvalue weighted by atomic mass is 10.1. The predicted octanol–water partition coefficient (Wildman–Crippen LogP) is 4.91. The number of pyridine rings is 1. The highest BCUT2D eigenvalue weighted by Crippen LogP contribution is 2.32. The number of aryl methyl sites for hydroxylation is 3. The molecule has 1 saturated heterocycles. The minimum atomic E-state index is -0.542. The van der Waals surface area contributed by atoms with E-state index in [-0.39, 0.29) is 12.1 Å². The molecule has 11 heteroatoms. The maximum Gasteiger partial charge on any atom is 0.410 e. The van der Waals surface area contributed by atoms with Crippen molar-refractivity contribution in [2.75, 3.05) is 18.5 Å². The first-order valence-corrected chi connectivity index (χ1v) is 13.2. The van der Waals surface area contributed by atoms with Gasteiger partial charge in [0.05, 0.1) is 17.8 Å². The minimum absolute atomic E-state index is 0.0667. The Hall–Kier alpha value is -4.15. The monoisotopic (exact) mass is 532 g/mol. The van der Waals surface area contributed by atoms with E-state index >= 15 is 0 Å². The third-order valence-electron chi connectivity index (χ3n) is 6.55. The first-order chi connectivity index (χ1) is 18.4. The van der Waals surface area contributed by atoms with Crippen LogP contribution in [0.15, 0.2) is 36.7 Å². The normalized spacial score (nSPS) is 17.6. The Morgan fingerprint density at radius 2 is 1.95 bits per heavy atom. The van der Waals surface area contributed by atoms with E-state index in [1.807, 2.05) is 76.6 Å². The van der Waals surface area contributed by atoms with Gasteiger partial charge >= 0.3 is 6.09 Å². The van der Waals surface area contributed by atoms with Crippen molar-refractivity contribution in [1.82, 2.24) is 34.3 Å². The zero-order chi connectivity index (χ0) is 27.9. The van der Waals surface area contributed by atoms with Gasteiger partial charge in [0, 0.05) is 43.2 Å². The Kier molecular flexibility index (Phi) is 6.92. The largest absolute Gasteiger partial charge is 0.487 e. The van der Waals surface area contributed by atoms with E-state index in [1.54, 1.807) is 15.8 Å². The minimum Gasteiger partial charge on any atom is -0.487 e. The predicted molar refractivity (Wildman–Crippen MR) is 148 cm³/mol. The molecule has 1 N–H and O–H groups in total. The molecule has 11 nitrogen and oxygen atoms in total. The number of nitrogens with one attached hydrogen (secondary N) is 1. The van der Waals surface area contributed by atoms with Gasteiger partial charge in [-0.1, -0.05) is 6.92 Å². The summed E-state index contributed by atoms with van der Waals surface area (Å²) in [5, 5.41) is 12.3. The van der Waals surface area contributed by atoms with Gasteiger partial charge in [-0.25, -0.2) is 19.3 Å². The number of amides is 1. The lowest BCUT2D eigenvalue weighted by Crippen LogP contribution is -2.42. The molecule has 0 radical (unpaired) electrons. The summed E-state index contributed by atoms with van der Waals surface area (Å²) >= 11 is 0. The fourth-order valence-electron chi connectivity index (χ4n) is 5.01. The van der Waals surface area contributed by atoms with Crippen LogP contribution >= 0.6 is 0 Å². The highest BCUT2D eigenvalue weighted by Gasteiger charge is 2.36. The molecule has 1 amide bonds. The summed E-state index contributed by atoms with van der Waals surface area (Å²) in [6.07, 6.45) is 4.19. The van der Waals surface area contributed by atoms with E-state index in [0.29, 0.717) is 42.3 Å². The van der Waals surface area contributed by atoms with Gasteiger partial charge in [-0.3, -0.25) is 4.68 Å². The summed E-state index contributed by atoms with van der Waals surface area (Å²) in [7, 11) is 1.89. The summed E-state index contributed by atoms with van der Waals surface area (Å²) in [6.45, 7) is 12.6. The average Bonchev–Trinajstić information content (AvgIpc) is 3.51. The highest BCUT2D eigenvalue weighted by atomic mass is 16.6. The van der Waals surface area contributed by atoms with E-state index < -0.39 is 5.60 Å². The molecule has 0 aromatic carbocycles. The highest BCUT2D eigenvalue weighted by molar-refractivity contribution is 5.73. The Bertz CT molecular complexity index is 1480. The van der Waals surface area contributed by atoms with Crippen LogP contribution in [0.3, 0.4) is 0 Å². The molecular weight excluding hydrogens is 496 g/mol. The Morgan fingerprint density at radius 1 is 1.15 bits per heavy atom. The van der Waals surface area contributed by atoms with Crippen LogP contribution in [0, 0.1) is 19.8 Å². The van der Waals surface area contributed by atoms with Crippen molar-refractivity contribution in [3.63, 3.8) is 0 Å². The topological polar surface area (TPSA) is 112 Å². The molecular formula is C28H36N8O3. The molecule has 5 heterocycles. The fourth-order valence-corrected chi connectivity index (χ4v) is 5.01. The number of anilines is 2. The molecule has 0 unspecified atom stereocenters. The Balaban J connectivity index is 1.34. The number of hydrogen-bond acceptors (Lipinski definition) is 8. The van der Waals surface area contributed by atoms with Crippen molar-refractivity contribution in [3.8, 4) is 17.0 Å². The quantitative estimate of drug-likeness (QED) is 0.373. The summed E-state index contributed by atoms with van der Waals surface area (Å²) < 4.78 is 15.5. The molecule has 0 spiro atoms. The second-order valence-electron chi connectivity index (χ2n) is 11.3. The lowest BCUT2D eigenvalue weighted by molar-refractivity contribution is 0.0184. The number of carbonyl (C=O) groups is 1. The van der Waals surface area contributed by atoms with Gasteiger partial charge in [-0.15, -0.1) is 0 Å². The number of likely N-dealkylation sites (tertiary alicyclic amines) is 1. The van der Waals surface area contributed by atoms with Crippen LogP contribution in [0.4, 0.5) is 16.4 Å². The zero-order valence-electron chi connectivity index (χ0n) is 23.6. The second-order valence-corrected chi connectivity index (χ2v) is 11.3. The number of carbonyl (C=O) groups excluding carboxylic acids is 1. The van der Waals surface area contributed by atoms with E-state index in [2.05, 4.69) is 32.4 Å². The van der Waals surface area contributed by atoms with Gasteiger partial charge < -0.3 is 19.7 Å². The molecule has 1 aliphatic rings. The van der Waals surface area contributed by atoms with E-state index in [0.717, 1.165) is 28.9 Å². The van der Waals surface area contributed by atoms with Crippen molar-refractivity contribution in [2.45, 2.75) is 59.6 Å². The van der Waals surface area contributed by atoms with E-state index in [1.165, 1.54) is 0 Å². The molecule has 0 saturated carbocycles. The van der Waals surface area contributed by atoms with Crippen LogP contribution < -0.4 is 10.1 Å². The third kappa shape index (κ3) is 5.97. The van der Waals surface area contributed by atoms with Crippen LogP contribution in [0.5, 0.6) is 5.75 Å². The van der Waals surface area contributed by atoms with Crippen LogP contribution in [0.1, 0.15) is 45.6 Å².